The topological polar surface area (TPSA) is 71.5 Å². The van der Waals surface area contributed by atoms with Crippen molar-refractivity contribution in [2.45, 2.75) is 31.3 Å². The van der Waals surface area contributed by atoms with Crippen LogP contribution in [0.2, 0.25) is 0 Å². The van der Waals surface area contributed by atoms with E-state index >= 15 is 0 Å². The first-order chi connectivity index (χ1) is 13.1. The summed E-state index contributed by atoms with van der Waals surface area (Å²) in [4.78, 5) is 30.5. The number of ether oxygens (including phenoxy) is 1. The van der Waals surface area contributed by atoms with Crippen molar-refractivity contribution in [3.05, 3.63) is 59.9 Å². The van der Waals surface area contributed by atoms with Crippen molar-refractivity contribution >= 4 is 17.5 Å². The minimum atomic E-state index is -0.487. The Hall–Kier alpha value is -2.73. The third-order valence-electron chi connectivity index (χ3n) is 5.47. The standard InChI is InChI=1S/C21H23N3O3/c1-15(25)24-13-21(17-6-2-3-7-18(17)24)11-19(27-14-21)20(26)23-10-8-16-5-4-9-22-12-16/h2-7,9,12,19H,8,10-11,13-14H2,1H3,(H,23,26)/t19-,21+/m0/s1. The van der Waals surface area contributed by atoms with Crippen LogP contribution in [-0.2, 0) is 26.2 Å². The Morgan fingerprint density at radius 2 is 2.15 bits per heavy atom. The molecule has 0 unspecified atom stereocenters. The number of carbonyl (C=O) groups excluding carboxylic acids is 2. The number of nitrogens with zero attached hydrogens (tertiary/aromatic N) is 2. The zero-order valence-electron chi connectivity index (χ0n) is 15.4. The fourth-order valence-corrected chi connectivity index (χ4v) is 4.10. The highest BCUT2D eigenvalue weighted by Gasteiger charge is 2.51. The van der Waals surface area contributed by atoms with E-state index < -0.39 is 6.10 Å². The lowest BCUT2D eigenvalue weighted by molar-refractivity contribution is -0.130. The summed E-state index contributed by atoms with van der Waals surface area (Å²) >= 11 is 0. The van der Waals surface area contributed by atoms with E-state index in [0.717, 1.165) is 23.2 Å². The predicted molar refractivity (Wildman–Crippen MR) is 101 cm³/mol. The molecule has 3 heterocycles. The van der Waals surface area contributed by atoms with Gasteiger partial charge in [0.1, 0.15) is 6.10 Å². The molecule has 2 aliphatic heterocycles. The Morgan fingerprint density at radius 3 is 2.93 bits per heavy atom. The molecule has 0 aliphatic carbocycles. The number of carbonyl (C=O) groups is 2. The number of rotatable bonds is 4. The molecular formula is C21H23N3O3. The van der Waals surface area contributed by atoms with Gasteiger partial charge in [0.05, 0.1) is 6.61 Å². The molecule has 6 nitrogen and oxygen atoms in total. The van der Waals surface area contributed by atoms with Crippen LogP contribution < -0.4 is 10.2 Å². The molecule has 6 heteroatoms. The maximum absolute atomic E-state index is 12.6. The van der Waals surface area contributed by atoms with Gasteiger partial charge in [0.2, 0.25) is 11.8 Å². The normalized spacial score (nSPS) is 23.4. The zero-order chi connectivity index (χ0) is 18.9. The second-order valence-corrected chi connectivity index (χ2v) is 7.31. The van der Waals surface area contributed by atoms with E-state index in [4.69, 9.17) is 4.74 Å². The van der Waals surface area contributed by atoms with E-state index in [1.807, 2.05) is 36.4 Å². The van der Waals surface area contributed by atoms with Crippen LogP contribution in [0.15, 0.2) is 48.8 Å². The number of anilines is 1. The van der Waals surface area contributed by atoms with Crippen molar-refractivity contribution in [3.63, 3.8) is 0 Å². The lowest BCUT2D eigenvalue weighted by Gasteiger charge is -2.22. The van der Waals surface area contributed by atoms with Crippen LogP contribution in [0.1, 0.15) is 24.5 Å². The number of pyridine rings is 1. The van der Waals surface area contributed by atoms with Gasteiger partial charge in [-0.15, -0.1) is 0 Å². The number of amides is 2. The van der Waals surface area contributed by atoms with Crippen molar-refractivity contribution in [2.75, 3.05) is 24.6 Å². The van der Waals surface area contributed by atoms with Gasteiger partial charge >= 0.3 is 0 Å². The number of fused-ring (bicyclic) bond motifs is 2. The molecule has 1 aromatic carbocycles. The maximum atomic E-state index is 12.6. The summed E-state index contributed by atoms with van der Waals surface area (Å²) in [5, 5.41) is 2.97. The van der Waals surface area contributed by atoms with E-state index in [-0.39, 0.29) is 17.2 Å². The molecule has 1 N–H and O–H groups in total. The molecule has 2 aliphatic rings. The summed E-state index contributed by atoms with van der Waals surface area (Å²) in [5.74, 6) is -0.0711. The zero-order valence-corrected chi connectivity index (χ0v) is 15.4. The van der Waals surface area contributed by atoms with Crippen molar-refractivity contribution in [2.24, 2.45) is 0 Å². The molecule has 140 valence electrons. The molecule has 1 saturated heterocycles. The minimum Gasteiger partial charge on any atom is -0.367 e. The molecule has 1 aromatic heterocycles. The highest BCUT2D eigenvalue weighted by Crippen LogP contribution is 2.47. The Labute approximate surface area is 158 Å². The third-order valence-corrected chi connectivity index (χ3v) is 5.47. The molecule has 27 heavy (non-hydrogen) atoms. The Balaban J connectivity index is 1.41. The van der Waals surface area contributed by atoms with Gasteiger partial charge in [-0.25, -0.2) is 0 Å². The summed E-state index contributed by atoms with van der Waals surface area (Å²) in [6.07, 6.45) is 4.38. The van der Waals surface area contributed by atoms with Gasteiger partial charge in [0.25, 0.3) is 0 Å². The van der Waals surface area contributed by atoms with Gasteiger partial charge in [-0.2, -0.15) is 0 Å². The van der Waals surface area contributed by atoms with Gasteiger partial charge in [-0.05, 0) is 36.1 Å². The highest BCUT2D eigenvalue weighted by molar-refractivity contribution is 5.95. The largest absolute Gasteiger partial charge is 0.367 e. The Bertz CT molecular complexity index is 855. The van der Waals surface area contributed by atoms with Crippen LogP contribution in [0.4, 0.5) is 5.69 Å². The molecule has 0 bridgehead atoms. The lowest BCUT2D eigenvalue weighted by atomic mass is 9.80. The number of benzene rings is 1. The molecule has 2 atom stereocenters. The number of nitrogens with one attached hydrogen (secondary N) is 1. The van der Waals surface area contributed by atoms with Crippen molar-refractivity contribution in [1.82, 2.24) is 10.3 Å². The molecule has 0 radical (unpaired) electrons. The fraction of sp³-hybridized carbons (Fsp3) is 0.381. The summed E-state index contributed by atoms with van der Waals surface area (Å²) in [6, 6.07) is 11.8. The summed E-state index contributed by atoms with van der Waals surface area (Å²) in [7, 11) is 0. The fourth-order valence-electron chi connectivity index (χ4n) is 4.10. The monoisotopic (exact) mass is 365 g/mol. The SMILES string of the molecule is CC(=O)N1C[C@]2(CO[C@H](C(=O)NCCc3cccnc3)C2)c2ccccc21. The summed E-state index contributed by atoms with van der Waals surface area (Å²) in [5.41, 5.74) is 2.83. The van der Waals surface area contributed by atoms with E-state index in [9.17, 15) is 9.59 Å². The van der Waals surface area contributed by atoms with Crippen LogP contribution in [0.25, 0.3) is 0 Å². The van der Waals surface area contributed by atoms with Crippen molar-refractivity contribution < 1.29 is 14.3 Å². The van der Waals surface area contributed by atoms with Crippen molar-refractivity contribution in [3.8, 4) is 0 Å². The summed E-state index contributed by atoms with van der Waals surface area (Å²) < 4.78 is 5.88. The first-order valence-corrected chi connectivity index (χ1v) is 9.25. The molecule has 2 aromatic rings. The van der Waals surface area contributed by atoms with Gasteiger partial charge < -0.3 is 15.0 Å². The van der Waals surface area contributed by atoms with Gasteiger partial charge in [0, 0.05) is 43.5 Å². The number of aromatic nitrogens is 1. The molecule has 0 saturated carbocycles. The minimum absolute atomic E-state index is 0.0173. The first kappa shape index (κ1) is 17.7. The first-order valence-electron chi connectivity index (χ1n) is 9.25. The van der Waals surface area contributed by atoms with Crippen LogP contribution in [-0.4, -0.2) is 42.6 Å². The van der Waals surface area contributed by atoms with E-state index in [2.05, 4.69) is 10.3 Å². The quantitative estimate of drug-likeness (QED) is 0.897. The van der Waals surface area contributed by atoms with E-state index in [0.29, 0.717) is 26.1 Å². The lowest BCUT2D eigenvalue weighted by Crippen LogP contribution is -2.38. The number of hydrogen-bond donors (Lipinski definition) is 1. The molecule has 2 amide bonds. The third kappa shape index (κ3) is 3.32. The van der Waals surface area contributed by atoms with Crippen molar-refractivity contribution in [1.29, 1.82) is 0 Å². The molecule has 4 rings (SSSR count). The maximum Gasteiger partial charge on any atom is 0.249 e. The van der Waals surface area contributed by atoms with Gasteiger partial charge in [-0.3, -0.25) is 14.6 Å². The number of para-hydroxylation sites is 1. The van der Waals surface area contributed by atoms with Crippen LogP contribution >= 0.6 is 0 Å². The molecular weight excluding hydrogens is 342 g/mol. The average Bonchev–Trinajstić information content (AvgIpc) is 3.26. The summed E-state index contributed by atoms with van der Waals surface area (Å²) in [6.45, 7) is 3.15. The van der Waals surface area contributed by atoms with Crippen LogP contribution in [0, 0.1) is 0 Å². The molecule has 1 fully saturated rings. The van der Waals surface area contributed by atoms with Gasteiger partial charge in [-0.1, -0.05) is 24.3 Å². The molecule has 1 spiro atoms. The predicted octanol–water partition coefficient (Wildman–Crippen LogP) is 1.83. The van der Waals surface area contributed by atoms with Crippen LogP contribution in [0.5, 0.6) is 0 Å². The Morgan fingerprint density at radius 1 is 1.30 bits per heavy atom. The Kier molecular flexibility index (Phi) is 4.66. The second-order valence-electron chi connectivity index (χ2n) is 7.31. The van der Waals surface area contributed by atoms with Gasteiger partial charge in [0.15, 0.2) is 0 Å². The average molecular weight is 365 g/mol. The van der Waals surface area contributed by atoms with Crippen LogP contribution in [0.3, 0.4) is 0 Å². The number of hydrogen-bond acceptors (Lipinski definition) is 4. The second kappa shape index (κ2) is 7.12. The highest BCUT2D eigenvalue weighted by atomic mass is 16.5. The smallest absolute Gasteiger partial charge is 0.249 e. The van der Waals surface area contributed by atoms with E-state index in [1.54, 1.807) is 24.2 Å². The van der Waals surface area contributed by atoms with E-state index in [1.165, 1.54) is 0 Å².